The summed E-state index contributed by atoms with van der Waals surface area (Å²) >= 11 is 0. The maximum Gasteiger partial charge on any atom is 0.0784 e. The van der Waals surface area contributed by atoms with Gasteiger partial charge in [-0.2, -0.15) is 0 Å². The fraction of sp³-hybridized carbons (Fsp3) is 1.00. The molecule has 0 amide bonds. The first-order valence-electron chi connectivity index (χ1n) is 13.5. The van der Waals surface area contributed by atoms with Crippen molar-refractivity contribution in [3.63, 3.8) is 0 Å². The summed E-state index contributed by atoms with van der Waals surface area (Å²) in [6.07, 6.45) is 28.8. The van der Waals surface area contributed by atoms with Gasteiger partial charge in [0.15, 0.2) is 0 Å². The molecule has 0 aromatic heterocycles. The van der Waals surface area contributed by atoms with Crippen molar-refractivity contribution in [3.05, 3.63) is 0 Å². The topological polar surface area (TPSA) is 30.0 Å². The van der Waals surface area contributed by atoms with Crippen LogP contribution in [0, 0.1) is 0 Å². The quantitative estimate of drug-likeness (QED) is 0.121. The molecule has 1 N–H and O–H groups in total. The van der Waals surface area contributed by atoms with Crippen molar-refractivity contribution in [2.45, 2.75) is 149 Å². The molecular weight excluding hydrogens is 354 g/mol. The van der Waals surface area contributed by atoms with E-state index < -0.39 is 0 Å². The minimum atomic E-state index is 0. The van der Waals surface area contributed by atoms with Crippen LogP contribution in [-0.2, 0) is 0 Å². The Morgan fingerprint density at radius 1 is 0.345 bits per heavy atom. The summed E-state index contributed by atoms with van der Waals surface area (Å²) in [4.78, 5) is 0. The second-order valence-corrected chi connectivity index (χ2v) is 9.80. The van der Waals surface area contributed by atoms with E-state index in [1.165, 1.54) is 153 Å². The van der Waals surface area contributed by atoms with E-state index in [1.54, 1.807) is 0 Å². The van der Waals surface area contributed by atoms with Crippen molar-refractivity contribution in [1.29, 1.82) is 0 Å². The zero-order chi connectivity index (χ0) is 20.8. The Kier molecular flexibility index (Phi) is 26.0. The molecule has 0 aromatic carbocycles. The van der Waals surface area contributed by atoms with Gasteiger partial charge in [0.2, 0.25) is 0 Å². The lowest BCUT2D eigenvalue weighted by Gasteiger charge is -2.35. The first-order valence-corrected chi connectivity index (χ1v) is 13.5. The fourth-order valence-corrected chi connectivity index (χ4v) is 4.51. The summed E-state index contributed by atoms with van der Waals surface area (Å²) in [5.41, 5.74) is 0. The number of quaternary nitrogens is 1. The molecule has 0 aromatic rings. The van der Waals surface area contributed by atoms with Crippen LogP contribution in [0.2, 0.25) is 0 Å². The minimum absolute atomic E-state index is 0. The van der Waals surface area contributed by atoms with E-state index >= 15 is 0 Å². The molecule has 0 saturated heterocycles. The highest BCUT2D eigenvalue weighted by Crippen LogP contribution is 2.16. The van der Waals surface area contributed by atoms with Gasteiger partial charge >= 0.3 is 0 Å². The Morgan fingerprint density at radius 3 is 0.793 bits per heavy atom. The van der Waals surface area contributed by atoms with Crippen molar-refractivity contribution in [3.8, 4) is 0 Å². The Balaban J connectivity index is 0. The summed E-state index contributed by atoms with van der Waals surface area (Å²) < 4.78 is 1.36. The van der Waals surface area contributed by atoms with E-state index in [2.05, 4.69) is 27.8 Å². The van der Waals surface area contributed by atoms with Crippen molar-refractivity contribution in [2.75, 3.05) is 26.7 Å². The smallest absolute Gasteiger partial charge is 0.0784 e. The molecule has 0 fully saturated rings. The van der Waals surface area contributed by atoms with Gasteiger partial charge in [-0.05, 0) is 38.5 Å². The molecule has 2 heteroatoms. The molecule has 178 valence electrons. The lowest BCUT2D eigenvalue weighted by molar-refractivity contribution is -0.910. The van der Waals surface area contributed by atoms with Gasteiger partial charge in [0.25, 0.3) is 0 Å². The maximum atomic E-state index is 2.57. The average molecular weight is 414 g/mol. The van der Waals surface area contributed by atoms with Crippen LogP contribution in [0.25, 0.3) is 0 Å². The molecule has 2 nitrogen and oxygen atoms in total. The van der Waals surface area contributed by atoms with Crippen LogP contribution in [-0.4, -0.2) is 36.6 Å². The van der Waals surface area contributed by atoms with Crippen molar-refractivity contribution < 1.29 is 9.96 Å². The number of rotatable bonds is 23. The number of hydrogen-bond donors (Lipinski definition) is 0. The molecule has 0 heterocycles. The Labute approximate surface area is 186 Å². The van der Waals surface area contributed by atoms with Crippen LogP contribution in [0.5, 0.6) is 0 Å². The predicted octanol–water partition coefficient (Wildman–Crippen LogP) is 9.12. The molecule has 0 aliphatic carbocycles. The molecule has 0 bridgehead atoms. The van der Waals surface area contributed by atoms with E-state index in [4.69, 9.17) is 0 Å². The van der Waals surface area contributed by atoms with Crippen LogP contribution >= 0.6 is 0 Å². The molecule has 0 spiro atoms. The van der Waals surface area contributed by atoms with E-state index in [0.29, 0.717) is 0 Å². The van der Waals surface area contributed by atoms with Gasteiger partial charge in [-0.1, -0.05) is 111 Å². The largest absolute Gasteiger partial charge is 0.870 e. The predicted molar refractivity (Wildman–Crippen MR) is 132 cm³/mol. The van der Waals surface area contributed by atoms with E-state index in [9.17, 15) is 0 Å². The molecule has 0 rings (SSSR count). The van der Waals surface area contributed by atoms with E-state index in [1.807, 2.05) is 0 Å². The van der Waals surface area contributed by atoms with Gasteiger partial charge in [-0.25, -0.2) is 0 Å². The lowest BCUT2D eigenvalue weighted by Crippen LogP contribution is -2.46. The van der Waals surface area contributed by atoms with Gasteiger partial charge in [0.05, 0.1) is 26.7 Å². The zero-order valence-corrected chi connectivity index (χ0v) is 21.2. The average Bonchev–Trinajstić information content (AvgIpc) is 2.69. The third-order valence-corrected chi connectivity index (χ3v) is 6.65. The van der Waals surface area contributed by atoms with Crippen LogP contribution in [0.3, 0.4) is 0 Å². The SMILES string of the molecule is CCCCCCCCCC[N+](C)(CCCCCCCC)CCCCCCCC.[OH-]. The molecule has 0 atom stereocenters. The Hall–Kier alpha value is -0.0800. The summed E-state index contributed by atoms with van der Waals surface area (Å²) in [7, 11) is 2.57. The van der Waals surface area contributed by atoms with E-state index in [0.717, 1.165) is 0 Å². The fourth-order valence-electron chi connectivity index (χ4n) is 4.51. The normalized spacial score (nSPS) is 11.6. The first-order chi connectivity index (χ1) is 13.7. The number of nitrogens with zero attached hydrogens (tertiary/aromatic N) is 1. The van der Waals surface area contributed by atoms with Crippen LogP contribution in [0.15, 0.2) is 0 Å². The zero-order valence-electron chi connectivity index (χ0n) is 21.2. The van der Waals surface area contributed by atoms with Gasteiger partial charge in [-0.3, -0.25) is 0 Å². The molecule has 0 radical (unpaired) electrons. The second kappa shape index (κ2) is 24.2. The van der Waals surface area contributed by atoms with Gasteiger partial charge < -0.3 is 9.96 Å². The highest BCUT2D eigenvalue weighted by atomic mass is 16.0. The highest BCUT2D eigenvalue weighted by Gasteiger charge is 2.20. The van der Waals surface area contributed by atoms with Gasteiger partial charge in [0, 0.05) is 0 Å². The maximum absolute atomic E-state index is 2.57. The van der Waals surface area contributed by atoms with Crippen LogP contribution in [0.4, 0.5) is 0 Å². The summed E-state index contributed by atoms with van der Waals surface area (Å²) in [5.74, 6) is 0. The monoisotopic (exact) mass is 413 g/mol. The van der Waals surface area contributed by atoms with Crippen molar-refractivity contribution in [1.82, 2.24) is 0 Å². The molecule has 29 heavy (non-hydrogen) atoms. The highest BCUT2D eigenvalue weighted by molar-refractivity contribution is 4.51. The molecule has 0 saturated carbocycles. The summed E-state index contributed by atoms with van der Waals surface area (Å²) in [6, 6.07) is 0. The Bertz CT molecular complexity index is 276. The third-order valence-electron chi connectivity index (χ3n) is 6.65. The van der Waals surface area contributed by atoms with Crippen molar-refractivity contribution in [2.24, 2.45) is 0 Å². The van der Waals surface area contributed by atoms with Crippen LogP contribution < -0.4 is 0 Å². The Morgan fingerprint density at radius 2 is 0.552 bits per heavy atom. The molecule has 0 unspecified atom stereocenters. The minimum Gasteiger partial charge on any atom is -0.870 e. The number of unbranched alkanes of at least 4 members (excludes halogenated alkanes) is 17. The summed E-state index contributed by atoms with van der Waals surface area (Å²) in [5, 5.41) is 0. The third kappa shape index (κ3) is 22.4. The van der Waals surface area contributed by atoms with Crippen molar-refractivity contribution >= 4 is 0 Å². The van der Waals surface area contributed by atoms with Crippen LogP contribution in [0.1, 0.15) is 149 Å². The first kappa shape index (κ1) is 31.1. The van der Waals surface area contributed by atoms with Gasteiger partial charge in [-0.15, -0.1) is 0 Å². The summed E-state index contributed by atoms with van der Waals surface area (Å²) in [6.45, 7) is 11.2. The lowest BCUT2D eigenvalue weighted by atomic mass is 10.1. The van der Waals surface area contributed by atoms with E-state index in [-0.39, 0.29) is 5.48 Å². The second-order valence-electron chi connectivity index (χ2n) is 9.80. The number of hydrogen-bond acceptors (Lipinski definition) is 1. The standard InChI is InChI=1S/C27H58N.H2O/c1-5-8-11-14-17-18-21-24-27-28(4,25-22-19-15-12-9-6-2)26-23-20-16-13-10-7-3;/h5-27H2,1-4H3;1H2/q+1;/p-1. The molecule has 0 aliphatic rings. The molecule has 0 aliphatic heterocycles. The van der Waals surface area contributed by atoms with Gasteiger partial charge in [0.1, 0.15) is 0 Å². The molecular formula is C27H59NO.